The minimum Gasteiger partial charge on any atom is -0.383 e. The van der Waals surface area contributed by atoms with Crippen molar-refractivity contribution in [3.8, 4) is 6.07 Å². The van der Waals surface area contributed by atoms with Crippen LogP contribution in [-0.2, 0) is 4.74 Å². The normalized spacial score (nSPS) is 11.9. The molecule has 1 aromatic carbocycles. The van der Waals surface area contributed by atoms with Crippen LogP contribution in [0.5, 0.6) is 0 Å². The molecule has 0 saturated heterocycles. The Morgan fingerprint density at radius 2 is 2.00 bits per heavy atom. The molecule has 0 spiro atoms. The highest BCUT2D eigenvalue weighted by molar-refractivity contribution is 5.50. The lowest BCUT2D eigenvalue weighted by molar-refractivity contribution is 0.182. The molecule has 0 bridgehead atoms. The first-order valence-electron chi connectivity index (χ1n) is 5.48. The molecule has 0 aliphatic heterocycles. The van der Waals surface area contributed by atoms with Gasteiger partial charge in [-0.05, 0) is 38.1 Å². The molecule has 0 saturated carbocycles. The highest BCUT2D eigenvalue weighted by Crippen LogP contribution is 2.17. The van der Waals surface area contributed by atoms with Crippen molar-refractivity contribution in [2.75, 3.05) is 25.2 Å². The van der Waals surface area contributed by atoms with Crippen molar-refractivity contribution in [3.63, 3.8) is 0 Å². The van der Waals surface area contributed by atoms with E-state index in [4.69, 9.17) is 10.00 Å². The van der Waals surface area contributed by atoms with Gasteiger partial charge >= 0.3 is 0 Å². The van der Waals surface area contributed by atoms with Crippen molar-refractivity contribution in [3.05, 3.63) is 29.8 Å². The monoisotopic (exact) mass is 218 g/mol. The zero-order valence-corrected chi connectivity index (χ0v) is 10.1. The van der Waals surface area contributed by atoms with Crippen LogP contribution in [0, 0.1) is 11.3 Å². The molecule has 0 heterocycles. The number of anilines is 1. The van der Waals surface area contributed by atoms with Gasteiger partial charge in [-0.3, -0.25) is 0 Å². The van der Waals surface area contributed by atoms with Crippen molar-refractivity contribution < 1.29 is 4.74 Å². The third kappa shape index (κ3) is 2.98. The van der Waals surface area contributed by atoms with Gasteiger partial charge in [0.05, 0.1) is 18.2 Å². The Labute approximate surface area is 97.3 Å². The first-order valence-corrected chi connectivity index (χ1v) is 5.48. The average molecular weight is 218 g/mol. The summed E-state index contributed by atoms with van der Waals surface area (Å²) in [5, 5.41) is 8.73. The number of nitriles is 1. The summed E-state index contributed by atoms with van der Waals surface area (Å²) >= 11 is 0. The van der Waals surface area contributed by atoms with Crippen LogP contribution in [0.15, 0.2) is 24.3 Å². The number of ether oxygens (including phenoxy) is 1. The van der Waals surface area contributed by atoms with E-state index in [1.807, 2.05) is 24.3 Å². The fourth-order valence-corrected chi connectivity index (χ4v) is 1.81. The molecular weight excluding hydrogens is 200 g/mol. The zero-order valence-electron chi connectivity index (χ0n) is 10.1. The van der Waals surface area contributed by atoms with E-state index in [-0.39, 0.29) is 0 Å². The Hall–Kier alpha value is -1.53. The number of methoxy groups -OCH3 is 1. The number of likely N-dealkylation sites (N-methyl/N-ethyl adjacent to an activating group) is 1. The van der Waals surface area contributed by atoms with Crippen molar-refractivity contribution >= 4 is 5.69 Å². The standard InChI is InChI=1S/C13H18N2O/c1-4-15(11(2)10-16-3)13-7-5-12(9-14)6-8-13/h5-8,11H,4,10H2,1-3H3. The van der Waals surface area contributed by atoms with Gasteiger partial charge in [-0.15, -0.1) is 0 Å². The highest BCUT2D eigenvalue weighted by Gasteiger charge is 2.12. The molecule has 0 amide bonds. The maximum atomic E-state index is 8.73. The van der Waals surface area contributed by atoms with Crippen molar-refractivity contribution in [1.82, 2.24) is 0 Å². The molecule has 1 atom stereocenters. The third-order valence-electron chi connectivity index (χ3n) is 2.61. The Balaban J connectivity index is 2.83. The Morgan fingerprint density at radius 1 is 1.38 bits per heavy atom. The summed E-state index contributed by atoms with van der Waals surface area (Å²) in [5.41, 5.74) is 1.82. The Kier molecular flexibility index (Phi) is 4.81. The van der Waals surface area contributed by atoms with E-state index in [0.717, 1.165) is 12.2 Å². The fraction of sp³-hybridized carbons (Fsp3) is 0.462. The van der Waals surface area contributed by atoms with E-state index in [9.17, 15) is 0 Å². The van der Waals surface area contributed by atoms with Gasteiger partial charge in [0.1, 0.15) is 0 Å². The summed E-state index contributed by atoms with van der Waals surface area (Å²) in [5.74, 6) is 0. The SMILES string of the molecule is CCN(c1ccc(C#N)cc1)C(C)COC. The van der Waals surface area contributed by atoms with Gasteiger partial charge in [-0.25, -0.2) is 0 Å². The maximum Gasteiger partial charge on any atom is 0.0991 e. The van der Waals surface area contributed by atoms with Crippen LogP contribution in [0.1, 0.15) is 19.4 Å². The van der Waals surface area contributed by atoms with E-state index >= 15 is 0 Å². The van der Waals surface area contributed by atoms with Crippen LogP contribution in [0.25, 0.3) is 0 Å². The molecular formula is C13H18N2O. The summed E-state index contributed by atoms with van der Waals surface area (Å²) < 4.78 is 5.16. The lowest BCUT2D eigenvalue weighted by Crippen LogP contribution is -2.36. The molecule has 0 aliphatic carbocycles. The van der Waals surface area contributed by atoms with E-state index < -0.39 is 0 Å². The minimum atomic E-state index is 0.336. The van der Waals surface area contributed by atoms with Crippen LogP contribution in [0.2, 0.25) is 0 Å². The second-order valence-corrected chi connectivity index (χ2v) is 3.75. The fourth-order valence-electron chi connectivity index (χ4n) is 1.81. The predicted octanol–water partition coefficient (Wildman–Crippen LogP) is 2.42. The van der Waals surface area contributed by atoms with Crippen LogP contribution < -0.4 is 4.90 Å². The van der Waals surface area contributed by atoms with Crippen molar-refractivity contribution in [1.29, 1.82) is 5.26 Å². The van der Waals surface area contributed by atoms with Crippen molar-refractivity contribution in [2.45, 2.75) is 19.9 Å². The first kappa shape index (κ1) is 12.5. The van der Waals surface area contributed by atoms with Crippen molar-refractivity contribution in [2.24, 2.45) is 0 Å². The quantitative estimate of drug-likeness (QED) is 0.761. The molecule has 1 aromatic rings. The van der Waals surface area contributed by atoms with Gasteiger partial charge < -0.3 is 9.64 Å². The second-order valence-electron chi connectivity index (χ2n) is 3.75. The number of hydrogen-bond acceptors (Lipinski definition) is 3. The van der Waals surface area contributed by atoms with E-state index in [0.29, 0.717) is 18.2 Å². The van der Waals surface area contributed by atoms with E-state index in [2.05, 4.69) is 24.8 Å². The van der Waals surface area contributed by atoms with Crippen LogP contribution in [-0.4, -0.2) is 26.3 Å². The zero-order chi connectivity index (χ0) is 12.0. The molecule has 0 fully saturated rings. The number of hydrogen-bond donors (Lipinski definition) is 0. The number of rotatable bonds is 5. The summed E-state index contributed by atoms with van der Waals surface area (Å²) in [4.78, 5) is 2.25. The Morgan fingerprint density at radius 3 is 2.44 bits per heavy atom. The average Bonchev–Trinajstić information content (AvgIpc) is 2.31. The lowest BCUT2D eigenvalue weighted by atomic mass is 10.2. The molecule has 3 heteroatoms. The molecule has 0 N–H and O–H groups in total. The highest BCUT2D eigenvalue weighted by atomic mass is 16.5. The van der Waals surface area contributed by atoms with Gasteiger partial charge in [-0.2, -0.15) is 5.26 Å². The predicted molar refractivity (Wildman–Crippen MR) is 65.5 cm³/mol. The second kappa shape index (κ2) is 6.14. The van der Waals surface area contributed by atoms with Gasteiger partial charge in [0, 0.05) is 25.4 Å². The molecule has 86 valence electrons. The van der Waals surface area contributed by atoms with Crippen LogP contribution >= 0.6 is 0 Å². The maximum absolute atomic E-state index is 8.73. The summed E-state index contributed by atoms with van der Waals surface area (Å²) in [6, 6.07) is 10.1. The smallest absolute Gasteiger partial charge is 0.0991 e. The van der Waals surface area contributed by atoms with E-state index in [1.165, 1.54) is 0 Å². The third-order valence-corrected chi connectivity index (χ3v) is 2.61. The van der Waals surface area contributed by atoms with Crippen LogP contribution in [0.3, 0.4) is 0 Å². The molecule has 0 aliphatic rings. The van der Waals surface area contributed by atoms with Gasteiger partial charge in [0.15, 0.2) is 0 Å². The molecule has 0 aromatic heterocycles. The number of benzene rings is 1. The van der Waals surface area contributed by atoms with Gasteiger partial charge in [0.25, 0.3) is 0 Å². The van der Waals surface area contributed by atoms with Gasteiger partial charge in [0.2, 0.25) is 0 Å². The molecule has 0 radical (unpaired) electrons. The summed E-state index contributed by atoms with van der Waals surface area (Å²) in [6.07, 6.45) is 0. The lowest BCUT2D eigenvalue weighted by Gasteiger charge is -2.29. The summed E-state index contributed by atoms with van der Waals surface area (Å²) in [6.45, 7) is 5.87. The van der Waals surface area contributed by atoms with Crippen LogP contribution in [0.4, 0.5) is 5.69 Å². The minimum absolute atomic E-state index is 0.336. The molecule has 16 heavy (non-hydrogen) atoms. The van der Waals surface area contributed by atoms with E-state index in [1.54, 1.807) is 7.11 Å². The van der Waals surface area contributed by atoms with Gasteiger partial charge in [-0.1, -0.05) is 0 Å². The first-order chi connectivity index (χ1) is 7.72. The largest absolute Gasteiger partial charge is 0.383 e. The number of nitrogens with zero attached hydrogens (tertiary/aromatic N) is 2. The summed E-state index contributed by atoms with van der Waals surface area (Å²) in [7, 11) is 1.71. The molecule has 3 nitrogen and oxygen atoms in total. The molecule has 1 unspecified atom stereocenters. The molecule has 1 rings (SSSR count). The Bertz CT molecular complexity index is 353. The topological polar surface area (TPSA) is 36.3 Å².